The van der Waals surface area contributed by atoms with Crippen molar-refractivity contribution in [1.29, 1.82) is 0 Å². The molecule has 0 aromatic heterocycles. The summed E-state index contributed by atoms with van der Waals surface area (Å²) in [4.78, 5) is 10.7. The molecule has 25 heavy (non-hydrogen) atoms. The number of methoxy groups -OCH3 is 1. The molecule has 0 unspecified atom stereocenters. The maximum absolute atomic E-state index is 10.7. The average molecular weight is 456 g/mol. The van der Waals surface area contributed by atoms with Gasteiger partial charge < -0.3 is 19.3 Å². The fourth-order valence-electron chi connectivity index (χ4n) is 2.59. The largest absolute Gasteiger partial charge is 0.493 e. The normalized spacial score (nSPS) is 10.4. The summed E-state index contributed by atoms with van der Waals surface area (Å²) < 4.78 is 17.3. The third kappa shape index (κ3) is 5.01. The van der Waals surface area contributed by atoms with E-state index in [1.165, 1.54) is 7.11 Å². The SMILES string of the molecule is COc1cc(-c2cc(C)c(OCCI)c(C)c2)ccc1OCC(=O)O. The minimum atomic E-state index is -1.03. The number of aliphatic carboxylic acids is 1. The highest BCUT2D eigenvalue weighted by Gasteiger charge is 2.12. The fraction of sp³-hybridized carbons (Fsp3) is 0.316. The Kier molecular flexibility index (Phi) is 6.92. The van der Waals surface area contributed by atoms with E-state index in [0.717, 1.165) is 32.4 Å². The number of carboxylic acid groups (broad SMARTS) is 1. The molecule has 0 saturated carbocycles. The van der Waals surface area contributed by atoms with E-state index in [-0.39, 0.29) is 0 Å². The number of aryl methyl sites for hydroxylation is 2. The highest BCUT2D eigenvalue weighted by molar-refractivity contribution is 14.1. The number of benzene rings is 2. The highest BCUT2D eigenvalue weighted by Crippen LogP contribution is 2.35. The molecule has 0 atom stereocenters. The highest BCUT2D eigenvalue weighted by atomic mass is 127. The molecule has 0 fully saturated rings. The molecule has 1 N–H and O–H groups in total. The van der Waals surface area contributed by atoms with Crippen molar-refractivity contribution in [3.05, 3.63) is 41.5 Å². The van der Waals surface area contributed by atoms with Gasteiger partial charge in [0, 0.05) is 4.43 Å². The molecular formula is C19H21IO5. The van der Waals surface area contributed by atoms with Crippen molar-refractivity contribution in [3.8, 4) is 28.4 Å². The van der Waals surface area contributed by atoms with E-state index in [4.69, 9.17) is 19.3 Å². The Morgan fingerprint density at radius 1 is 1.04 bits per heavy atom. The molecule has 0 aliphatic rings. The van der Waals surface area contributed by atoms with Gasteiger partial charge in [0.25, 0.3) is 0 Å². The molecule has 2 aromatic rings. The topological polar surface area (TPSA) is 65.0 Å². The van der Waals surface area contributed by atoms with Gasteiger partial charge in [-0.3, -0.25) is 0 Å². The zero-order valence-electron chi connectivity index (χ0n) is 14.5. The lowest BCUT2D eigenvalue weighted by molar-refractivity contribution is -0.139. The molecule has 0 amide bonds. The van der Waals surface area contributed by atoms with E-state index in [1.54, 1.807) is 6.07 Å². The van der Waals surface area contributed by atoms with E-state index < -0.39 is 12.6 Å². The molecule has 0 aliphatic heterocycles. The number of carbonyl (C=O) groups is 1. The summed E-state index contributed by atoms with van der Waals surface area (Å²) in [5.41, 5.74) is 4.15. The van der Waals surface area contributed by atoms with Crippen LogP contribution in [-0.4, -0.2) is 35.8 Å². The van der Waals surface area contributed by atoms with E-state index in [2.05, 4.69) is 34.7 Å². The molecule has 0 saturated heterocycles. The smallest absolute Gasteiger partial charge is 0.341 e. The molecule has 5 nitrogen and oxygen atoms in total. The second kappa shape index (κ2) is 8.94. The zero-order chi connectivity index (χ0) is 18.4. The quantitative estimate of drug-likeness (QED) is 0.475. The number of rotatable bonds is 8. The van der Waals surface area contributed by atoms with E-state index in [1.807, 2.05) is 26.0 Å². The standard InChI is InChI=1S/C19H21IO5/c1-12-8-15(9-13(2)19(12)24-7-6-20)14-4-5-16(17(10-14)23-3)25-11-18(21)22/h4-5,8-10H,6-7,11H2,1-3H3,(H,21,22). The Morgan fingerprint density at radius 3 is 2.28 bits per heavy atom. The van der Waals surface area contributed by atoms with Crippen LogP contribution in [0.1, 0.15) is 11.1 Å². The van der Waals surface area contributed by atoms with Crippen molar-refractivity contribution < 1.29 is 24.1 Å². The first-order chi connectivity index (χ1) is 12.0. The van der Waals surface area contributed by atoms with Crippen molar-refractivity contribution in [2.75, 3.05) is 24.8 Å². The maximum atomic E-state index is 10.7. The van der Waals surface area contributed by atoms with Crippen LogP contribution in [0, 0.1) is 13.8 Å². The average Bonchev–Trinajstić information content (AvgIpc) is 2.59. The Hall–Kier alpha value is -1.96. The van der Waals surface area contributed by atoms with Crippen LogP contribution in [0.4, 0.5) is 0 Å². The van der Waals surface area contributed by atoms with Gasteiger partial charge in [0.1, 0.15) is 5.75 Å². The summed E-state index contributed by atoms with van der Waals surface area (Å²) in [5.74, 6) is 0.802. The van der Waals surface area contributed by atoms with Crippen molar-refractivity contribution in [3.63, 3.8) is 0 Å². The Bertz CT molecular complexity index is 734. The molecule has 0 radical (unpaired) electrons. The third-order valence-corrected chi connectivity index (χ3v) is 4.07. The van der Waals surface area contributed by atoms with Crippen LogP contribution in [0.5, 0.6) is 17.2 Å². The van der Waals surface area contributed by atoms with Gasteiger partial charge >= 0.3 is 5.97 Å². The minimum absolute atomic E-state index is 0.406. The van der Waals surface area contributed by atoms with Gasteiger partial charge in [-0.25, -0.2) is 4.79 Å². The molecular weight excluding hydrogens is 435 g/mol. The van der Waals surface area contributed by atoms with Gasteiger partial charge in [-0.05, 0) is 60.4 Å². The van der Waals surface area contributed by atoms with E-state index >= 15 is 0 Å². The molecule has 0 heterocycles. The predicted molar refractivity (Wildman–Crippen MR) is 105 cm³/mol. The number of carboxylic acids is 1. The Labute approximate surface area is 161 Å². The van der Waals surface area contributed by atoms with Crippen LogP contribution in [0.2, 0.25) is 0 Å². The second-order valence-electron chi connectivity index (χ2n) is 5.52. The van der Waals surface area contributed by atoms with Crippen LogP contribution in [0.25, 0.3) is 11.1 Å². The molecule has 2 rings (SSSR count). The second-order valence-corrected chi connectivity index (χ2v) is 6.60. The van der Waals surface area contributed by atoms with Gasteiger partial charge in [-0.2, -0.15) is 0 Å². The lowest BCUT2D eigenvalue weighted by Gasteiger charge is -2.15. The van der Waals surface area contributed by atoms with Crippen molar-refractivity contribution in [1.82, 2.24) is 0 Å². The summed E-state index contributed by atoms with van der Waals surface area (Å²) >= 11 is 2.29. The maximum Gasteiger partial charge on any atom is 0.341 e. The monoisotopic (exact) mass is 456 g/mol. The lowest BCUT2D eigenvalue weighted by Crippen LogP contribution is -2.10. The van der Waals surface area contributed by atoms with Crippen molar-refractivity contribution in [2.24, 2.45) is 0 Å². The number of halogens is 1. The molecule has 2 aromatic carbocycles. The Morgan fingerprint density at radius 2 is 1.72 bits per heavy atom. The number of hydrogen-bond acceptors (Lipinski definition) is 4. The summed E-state index contributed by atoms with van der Waals surface area (Å²) in [6.45, 7) is 4.34. The predicted octanol–water partition coefficient (Wildman–Crippen LogP) is 4.26. The number of alkyl halides is 1. The molecule has 134 valence electrons. The molecule has 6 heteroatoms. The van der Waals surface area contributed by atoms with E-state index in [0.29, 0.717) is 18.1 Å². The number of hydrogen-bond donors (Lipinski definition) is 1. The van der Waals surface area contributed by atoms with Crippen LogP contribution in [0.15, 0.2) is 30.3 Å². The van der Waals surface area contributed by atoms with Crippen LogP contribution in [0.3, 0.4) is 0 Å². The van der Waals surface area contributed by atoms with Crippen LogP contribution < -0.4 is 14.2 Å². The van der Waals surface area contributed by atoms with E-state index in [9.17, 15) is 4.79 Å². The summed E-state index contributed by atoms with van der Waals surface area (Å²) in [6.07, 6.45) is 0. The first-order valence-electron chi connectivity index (χ1n) is 7.79. The van der Waals surface area contributed by atoms with Crippen molar-refractivity contribution >= 4 is 28.6 Å². The first-order valence-corrected chi connectivity index (χ1v) is 9.31. The third-order valence-electron chi connectivity index (χ3n) is 3.63. The Balaban J connectivity index is 2.33. The zero-order valence-corrected chi connectivity index (χ0v) is 16.6. The van der Waals surface area contributed by atoms with Gasteiger partial charge in [0.05, 0.1) is 13.7 Å². The fourth-order valence-corrected chi connectivity index (χ4v) is 2.81. The summed E-state index contributed by atoms with van der Waals surface area (Å²) in [6, 6.07) is 9.60. The summed E-state index contributed by atoms with van der Waals surface area (Å²) in [5, 5.41) is 8.74. The molecule has 0 aliphatic carbocycles. The lowest BCUT2D eigenvalue weighted by atomic mass is 9.99. The minimum Gasteiger partial charge on any atom is -0.493 e. The van der Waals surface area contributed by atoms with Crippen LogP contribution in [-0.2, 0) is 4.79 Å². The molecule has 0 bridgehead atoms. The van der Waals surface area contributed by atoms with Gasteiger partial charge in [0.2, 0.25) is 0 Å². The van der Waals surface area contributed by atoms with Gasteiger partial charge in [-0.15, -0.1) is 0 Å². The van der Waals surface area contributed by atoms with Crippen molar-refractivity contribution in [2.45, 2.75) is 13.8 Å². The molecule has 0 spiro atoms. The number of ether oxygens (including phenoxy) is 3. The summed E-state index contributed by atoms with van der Waals surface area (Å²) in [7, 11) is 1.53. The van der Waals surface area contributed by atoms with Crippen LogP contribution >= 0.6 is 22.6 Å². The van der Waals surface area contributed by atoms with Gasteiger partial charge in [-0.1, -0.05) is 28.7 Å². The van der Waals surface area contributed by atoms with Gasteiger partial charge in [0.15, 0.2) is 18.1 Å². The first kappa shape index (κ1) is 19.4.